The van der Waals surface area contributed by atoms with Crippen LogP contribution in [0, 0.1) is 6.92 Å². The van der Waals surface area contributed by atoms with Gasteiger partial charge in [-0.3, -0.25) is 9.89 Å². The molecule has 0 unspecified atom stereocenters. The van der Waals surface area contributed by atoms with Gasteiger partial charge in [0.05, 0.1) is 0 Å². The van der Waals surface area contributed by atoms with Crippen LogP contribution in [0.1, 0.15) is 35.7 Å². The zero-order chi connectivity index (χ0) is 12.5. The Morgan fingerprint density at radius 2 is 2.24 bits per heavy atom. The quantitative estimate of drug-likeness (QED) is 0.791. The number of likely N-dealkylation sites (N-methyl/N-ethyl adjacent to an activating group) is 1. The summed E-state index contributed by atoms with van der Waals surface area (Å²) < 4.78 is 0. The summed E-state index contributed by atoms with van der Waals surface area (Å²) in [7, 11) is 4.12. The molecule has 0 aromatic carbocycles. The summed E-state index contributed by atoms with van der Waals surface area (Å²) in [4.78, 5) is 18.0. The van der Waals surface area contributed by atoms with E-state index in [2.05, 4.69) is 39.5 Å². The van der Waals surface area contributed by atoms with E-state index in [4.69, 9.17) is 0 Å². The smallest absolute Gasteiger partial charge is 0.291 e. The molecule has 0 bridgehead atoms. The van der Waals surface area contributed by atoms with Crippen molar-refractivity contribution in [1.29, 1.82) is 0 Å². The van der Waals surface area contributed by atoms with Crippen molar-refractivity contribution >= 4 is 5.91 Å². The standard InChI is InChI=1S/C11H19N5O/c1-8-13-9(15-14-8)10(17)12-7-11(16(2)3)5-4-6-11/h4-7H2,1-3H3,(H,12,17)(H,13,14,15). The van der Waals surface area contributed by atoms with Crippen LogP contribution >= 0.6 is 0 Å². The molecular formula is C11H19N5O. The molecule has 2 N–H and O–H groups in total. The number of aromatic amines is 1. The molecule has 6 heteroatoms. The van der Waals surface area contributed by atoms with Crippen LogP contribution in [-0.4, -0.2) is 52.2 Å². The fraction of sp³-hybridized carbons (Fsp3) is 0.727. The zero-order valence-electron chi connectivity index (χ0n) is 10.6. The first-order chi connectivity index (χ1) is 8.03. The minimum Gasteiger partial charge on any atom is -0.347 e. The average molecular weight is 237 g/mol. The van der Waals surface area contributed by atoms with E-state index in [0.29, 0.717) is 12.4 Å². The maximum atomic E-state index is 11.8. The molecule has 1 saturated carbocycles. The highest BCUT2D eigenvalue weighted by molar-refractivity contribution is 5.90. The first-order valence-corrected chi connectivity index (χ1v) is 5.88. The van der Waals surface area contributed by atoms with Gasteiger partial charge in [0.25, 0.3) is 5.91 Å². The number of hydrogen-bond acceptors (Lipinski definition) is 4. The van der Waals surface area contributed by atoms with Gasteiger partial charge in [-0.15, -0.1) is 5.10 Å². The number of aromatic nitrogens is 3. The van der Waals surface area contributed by atoms with E-state index in [1.807, 2.05) is 0 Å². The maximum absolute atomic E-state index is 11.8. The van der Waals surface area contributed by atoms with E-state index in [1.165, 1.54) is 6.42 Å². The van der Waals surface area contributed by atoms with Crippen LogP contribution in [0.3, 0.4) is 0 Å². The van der Waals surface area contributed by atoms with Crippen LogP contribution in [0.15, 0.2) is 0 Å². The van der Waals surface area contributed by atoms with Crippen molar-refractivity contribution in [2.45, 2.75) is 31.7 Å². The van der Waals surface area contributed by atoms with Crippen LogP contribution in [-0.2, 0) is 0 Å². The molecule has 1 amide bonds. The molecule has 1 fully saturated rings. The molecule has 1 aromatic heterocycles. The Kier molecular flexibility index (Phi) is 3.15. The molecule has 1 aliphatic rings. The third-order valence-electron chi connectivity index (χ3n) is 3.61. The molecule has 0 aliphatic heterocycles. The summed E-state index contributed by atoms with van der Waals surface area (Å²) in [6.45, 7) is 2.43. The lowest BCUT2D eigenvalue weighted by atomic mass is 9.75. The summed E-state index contributed by atoms with van der Waals surface area (Å²) >= 11 is 0. The van der Waals surface area contributed by atoms with Gasteiger partial charge in [-0.25, -0.2) is 4.98 Å². The average Bonchev–Trinajstić information content (AvgIpc) is 2.62. The van der Waals surface area contributed by atoms with Crippen molar-refractivity contribution in [2.75, 3.05) is 20.6 Å². The summed E-state index contributed by atoms with van der Waals surface area (Å²) in [6, 6.07) is 0. The Bertz CT molecular complexity index is 408. The second-order valence-electron chi connectivity index (χ2n) is 4.90. The van der Waals surface area contributed by atoms with Crippen LogP contribution in [0.4, 0.5) is 0 Å². The highest BCUT2D eigenvalue weighted by Crippen LogP contribution is 2.35. The van der Waals surface area contributed by atoms with Gasteiger partial charge in [0.15, 0.2) is 0 Å². The molecule has 0 atom stereocenters. The fourth-order valence-corrected chi connectivity index (χ4v) is 2.14. The van der Waals surface area contributed by atoms with Crippen molar-refractivity contribution in [3.8, 4) is 0 Å². The number of nitrogens with one attached hydrogen (secondary N) is 2. The van der Waals surface area contributed by atoms with E-state index in [-0.39, 0.29) is 17.3 Å². The van der Waals surface area contributed by atoms with Gasteiger partial charge in [-0.2, -0.15) is 0 Å². The molecule has 1 aliphatic carbocycles. The Morgan fingerprint density at radius 3 is 2.65 bits per heavy atom. The molecular weight excluding hydrogens is 218 g/mol. The minimum absolute atomic E-state index is 0.126. The Labute approximate surface area is 101 Å². The predicted octanol–water partition coefficient (Wildman–Crippen LogP) is 0.327. The molecule has 1 heterocycles. The largest absolute Gasteiger partial charge is 0.347 e. The summed E-state index contributed by atoms with van der Waals surface area (Å²) in [6.07, 6.45) is 3.49. The highest BCUT2D eigenvalue weighted by atomic mass is 16.2. The number of H-pyrrole nitrogens is 1. The molecule has 2 rings (SSSR count). The molecule has 6 nitrogen and oxygen atoms in total. The molecule has 1 aromatic rings. The summed E-state index contributed by atoms with van der Waals surface area (Å²) in [5, 5.41) is 9.42. The van der Waals surface area contributed by atoms with Crippen molar-refractivity contribution in [3.63, 3.8) is 0 Å². The molecule has 0 spiro atoms. The van der Waals surface area contributed by atoms with Crippen LogP contribution in [0.2, 0.25) is 0 Å². The number of carbonyl (C=O) groups excluding carboxylic acids is 1. The van der Waals surface area contributed by atoms with Crippen LogP contribution < -0.4 is 5.32 Å². The van der Waals surface area contributed by atoms with Gasteiger partial charge in [0.1, 0.15) is 5.82 Å². The number of hydrogen-bond donors (Lipinski definition) is 2. The lowest BCUT2D eigenvalue weighted by Crippen LogP contribution is -2.57. The first kappa shape index (κ1) is 12.0. The molecule has 0 saturated heterocycles. The summed E-state index contributed by atoms with van der Waals surface area (Å²) in [5.74, 6) is 0.666. The fourth-order valence-electron chi connectivity index (χ4n) is 2.14. The number of rotatable bonds is 4. The first-order valence-electron chi connectivity index (χ1n) is 5.88. The Balaban J connectivity index is 1.92. The zero-order valence-corrected chi connectivity index (χ0v) is 10.6. The van der Waals surface area contributed by atoms with Crippen LogP contribution in [0.25, 0.3) is 0 Å². The maximum Gasteiger partial charge on any atom is 0.291 e. The minimum atomic E-state index is -0.206. The topological polar surface area (TPSA) is 73.9 Å². The highest BCUT2D eigenvalue weighted by Gasteiger charge is 2.39. The third kappa shape index (κ3) is 2.31. The van der Waals surface area contributed by atoms with E-state index in [0.717, 1.165) is 12.8 Å². The van der Waals surface area contributed by atoms with E-state index in [9.17, 15) is 4.79 Å². The van der Waals surface area contributed by atoms with E-state index >= 15 is 0 Å². The van der Waals surface area contributed by atoms with Gasteiger partial charge < -0.3 is 10.2 Å². The van der Waals surface area contributed by atoms with Gasteiger partial charge in [0.2, 0.25) is 5.82 Å². The number of aryl methyl sites for hydroxylation is 1. The van der Waals surface area contributed by atoms with Crippen molar-refractivity contribution in [2.24, 2.45) is 0 Å². The van der Waals surface area contributed by atoms with Gasteiger partial charge in [0, 0.05) is 12.1 Å². The van der Waals surface area contributed by atoms with E-state index in [1.54, 1.807) is 6.92 Å². The van der Waals surface area contributed by atoms with E-state index < -0.39 is 0 Å². The molecule has 94 valence electrons. The lowest BCUT2D eigenvalue weighted by molar-refractivity contribution is 0.0554. The van der Waals surface area contributed by atoms with Gasteiger partial charge >= 0.3 is 0 Å². The Hall–Kier alpha value is -1.43. The lowest BCUT2D eigenvalue weighted by Gasteiger charge is -2.47. The molecule has 17 heavy (non-hydrogen) atoms. The normalized spacial score (nSPS) is 17.9. The Morgan fingerprint density at radius 1 is 1.53 bits per heavy atom. The number of nitrogens with zero attached hydrogens (tertiary/aromatic N) is 3. The number of amides is 1. The SMILES string of the molecule is Cc1nc(C(=O)NCC2(N(C)C)CCC2)n[nH]1. The van der Waals surface area contributed by atoms with Gasteiger partial charge in [-0.05, 0) is 40.3 Å². The van der Waals surface area contributed by atoms with Crippen molar-refractivity contribution in [1.82, 2.24) is 25.4 Å². The molecule has 0 radical (unpaired) electrons. The second kappa shape index (κ2) is 4.44. The van der Waals surface area contributed by atoms with Gasteiger partial charge in [-0.1, -0.05) is 0 Å². The third-order valence-corrected chi connectivity index (χ3v) is 3.61. The predicted molar refractivity (Wildman–Crippen MR) is 63.7 cm³/mol. The van der Waals surface area contributed by atoms with Crippen molar-refractivity contribution in [3.05, 3.63) is 11.6 Å². The summed E-state index contributed by atoms with van der Waals surface area (Å²) in [5.41, 5.74) is 0.126. The van der Waals surface area contributed by atoms with Crippen LogP contribution in [0.5, 0.6) is 0 Å². The number of carbonyl (C=O) groups is 1. The van der Waals surface area contributed by atoms with Crippen molar-refractivity contribution < 1.29 is 4.79 Å². The second-order valence-corrected chi connectivity index (χ2v) is 4.90. The monoisotopic (exact) mass is 237 g/mol.